The summed E-state index contributed by atoms with van der Waals surface area (Å²) in [6.45, 7) is 0.811. The summed E-state index contributed by atoms with van der Waals surface area (Å²) in [5.74, 6) is 0.651. The Labute approximate surface area is 119 Å². The van der Waals surface area contributed by atoms with Gasteiger partial charge in [0.05, 0.1) is 11.3 Å². The third-order valence-corrected chi connectivity index (χ3v) is 3.84. The molecule has 0 aliphatic carbocycles. The Balaban J connectivity index is 2.01. The van der Waals surface area contributed by atoms with Crippen molar-refractivity contribution in [2.45, 2.75) is 32.0 Å². The average molecular weight is 301 g/mol. The van der Waals surface area contributed by atoms with Crippen LogP contribution in [0, 0.1) is 0 Å². The van der Waals surface area contributed by atoms with Crippen molar-refractivity contribution >= 4 is 11.6 Å². The molecule has 0 fully saturated rings. The maximum absolute atomic E-state index is 12.6. The first-order chi connectivity index (χ1) is 9.47. The largest absolute Gasteiger partial charge is 0.416 e. The number of nitrogens with zero attached hydrogens (tertiary/aromatic N) is 2. The Morgan fingerprint density at radius 3 is 2.45 bits per heavy atom. The van der Waals surface area contributed by atoms with Crippen LogP contribution in [0.1, 0.15) is 24.1 Å². The Kier molecular flexibility index (Phi) is 3.24. The van der Waals surface area contributed by atoms with Crippen LogP contribution in [0.3, 0.4) is 0 Å². The van der Waals surface area contributed by atoms with Gasteiger partial charge < -0.3 is 4.57 Å². The molecule has 2 heterocycles. The maximum Gasteiger partial charge on any atom is 0.416 e. The zero-order valence-electron chi connectivity index (χ0n) is 10.5. The molecule has 0 atom stereocenters. The normalized spacial score (nSPS) is 15.2. The van der Waals surface area contributed by atoms with Gasteiger partial charge in [-0.1, -0.05) is 23.7 Å². The van der Waals surface area contributed by atoms with Gasteiger partial charge in [0.1, 0.15) is 5.82 Å². The number of alkyl halides is 3. The summed E-state index contributed by atoms with van der Waals surface area (Å²) in [7, 11) is 0. The summed E-state index contributed by atoms with van der Waals surface area (Å²) in [4.78, 5) is 4.30. The van der Waals surface area contributed by atoms with Crippen molar-refractivity contribution < 1.29 is 13.2 Å². The quantitative estimate of drug-likeness (QED) is 0.755. The molecule has 0 saturated heterocycles. The molecule has 0 spiro atoms. The first-order valence-corrected chi connectivity index (χ1v) is 6.77. The number of halogens is 4. The molecule has 0 N–H and O–H groups in total. The first kappa shape index (κ1) is 13.5. The summed E-state index contributed by atoms with van der Waals surface area (Å²) < 4.78 is 39.7. The summed E-state index contributed by atoms with van der Waals surface area (Å²) in [6.07, 6.45) is -1.35. The van der Waals surface area contributed by atoms with E-state index in [4.69, 9.17) is 11.6 Å². The van der Waals surface area contributed by atoms with E-state index >= 15 is 0 Å². The van der Waals surface area contributed by atoms with Crippen molar-refractivity contribution in [1.82, 2.24) is 9.55 Å². The van der Waals surface area contributed by atoms with E-state index in [-0.39, 0.29) is 0 Å². The van der Waals surface area contributed by atoms with Crippen molar-refractivity contribution in [3.63, 3.8) is 0 Å². The van der Waals surface area contributed by atoms with Crippen LogP contribution in [0.4, 0.5) is 13.2 Å². The molecule has 0 radical (unpaired) electrons. The number of hydrogen-bond donors (Lipinski definition) is 0. The fourth-order valence-electron chi connectivity index (χ4n) is 2.53. The van der Waals surface area contributed by atoms with Gasteiger partial charge >= 0.3 is 6.18 Å². The van der Waals surface area contributed by atoms with Crippen LogP contribution in [-0.2, 0) is 19.1 Å². The van der Waals surface area contributed by atoms with Crippen LogP contribution in [0.5, 0.6) is 0 Å². The van der Waals surface area contributed by atoms with Gasteiger partial charge in [0.15, 0.2) is 5.15 Å². The van der Waals surface area contributed by atoms with Crippen LogP contribution >= 0.6 is 11.6 Å². The standard InChI is InChI=1S/C14H12ClF3N2/c15-12-11-3-1-2-8-20(11)13(19-12)9-4-6-10(7-5-9)14(16,17)18/h4-7H,1-3,8H2. The van der Waals surface area contributed by atoms with Crippen molar-refractivity contribution in [1.29, 1.82) is 0 Å². The molecule has 1 aliphatic rings. The Morgan fingerprint density at radius 2 is 1.80 bits per heavy atom. The number of benzene rings is 1. The number of hydrogen-bond acceptors (Lipinski definition) is 1. The zero-order chi connectivity index (χ0) is 14.3. The van der Waals surface area contributed by atoms with Gasteiger partial charge in [0.2, 0.25) is 0 Å². The molecule has 0 amide bonds. The highest BCUT2D eigenvalue weighted by molar-refractivity contribution is 6.30. The van der Waals surface area contributed by atoms with E-state index in [1.54, 1.807) is 0 Å². The van der Waals surface area contributed by atoms with Gasteiger partial charge in [0, 0.05) is 12.1 Å². The van der Waals surface area contributed by atoms with Crippen molar-refractivity contribution in [3.8, 4) is 11.4 Å². The van der Waals surface area contributed by atoms with E-state index in [2.05, 4.69) is 4.98 Å². The molecule has 0 saturated carbocycles. The molecule has 2 nitrogen and oxygen atoms in total. The summed E-state index contributed by atoms with van der Waals surface area (Å²) in [5.41, 5.74) is 0.985. The highest BCUT2D eigenvalue weighted by atomic mass is 35.5. The topological polar surface area (TPSA) is 17.8 Å². The van der Waals surface area contributed by atoms with Gasteiger partial charge in [-0.25, -0.2) is 4.98 Å². The highest BCUT2D eigenvalue weighted by Crippen LogP contribution is 2.33. The molecule has 0 unspecified atom stereocenters. The van der Waals surface area contributed by atoms with Crippen molar-refractivity contribution in [2.24, 2.45) is 0 Å². The zero-order valence-corrected chi connectivity index (χ0v) is 11.3. The second kappa shape index (κ2) is 4.81. The Morgan fingerprint density at radius 1 is 1.10 bits per heavy atom. The lowest BCUT2D eigenvalue weighted by molar-refractivity contribution is -0.137. The molecule has 3 rings (SSSR count). The predicted octanol–water partition coefficient (Wildman–Crippen LogP) is 4.56. The van der Waals surface area contributed by atoms with E-state index in [1.807, 2.05) is 4.57 Å². The smallest absolute Gasteiger partial charge is 0.327 e. The van der Waals surface area contributed by atoms with E-state index in [9.17, 15) is 13.2 Å². The Hall–Kier alpha value is -1.49. The number of aromatic nitrogens is 2. The lowest BCUT2D eigenvalue weighted by Crippen LogP contribution is -2.11. The van der Waals surface area contributed by atoms with E-state index < -0.39 is 11.7 Å². The number of imidazole rings is 1. The minimum Gasteiger partial charge on any atom is -0.327 e. The van der Waals surface area contributed by atoms with E-state index in [1.165, 1.54) is 12.1 Å². The fourth-order valence-corrected chi connectivity index (χ4v) is 2.80. The monoisotopic (exact) mass is 300 g/mol. The molecule has 6 heteroatoms. The van der Waals surface area contributed by atoms with E-state index in [0.29, 0.717) is 16.5 Å². The first-order valence-electron chi connectivity index (χ1n) is 6.39. The molecule has 1 aromatic heterocycles. The van der Waals surface area contributed by atoms with Crippen LogP contribution in [-0.4, -0.2) is 9.55 Å². The summed E-state index contributed by atoms with van der Waals surface area (Å²) in [6, 6.07) is 5.05. The molecule has 1 aliphatic heterocycles. The fraction of sp³-hybridized carbons (Fsp3) is 0.357. The van der Waals surface area contributed by atoms with Crippen molar-refractivity contribution in [2.75, 3.05) is 0 Å². The van der Waals surface area contributed by atoms with Gasteiger partial charge in [-0.05, 0) is 31.4 Å². The highest BCUT2D eigenvalue weighted by Gasteiger charge is 2.30. The molecule has 20 heavy (non-hydrogen) atoms. The van der Waals surface area contributed by atoms with Gasteiger partial charge in [0.25, 0.3) is 0 Å². The summed E-state index contributed by atoms with van der Waals surface area (Å²) >= 11 is 6.10. The Bertz CT molecular complexity index is 629. The maximum atomic E-state index is 12.6. The van der Waals surface area contributed by atoms with Crippen LogP contribution in [0.2, 0.25) is 5.15 Å². The second-order valence-electron chi connectivity index (χ2n) is 4.86. The molecule has 0 bridgehead atoms. The third-order valence-electron chi connectivity index (χ3n) is 3.54. The average Bonchev–Trinajstić information content (AvgIpc) is 2.76. The van der Waals surface area contributed by atoms with Gasteiger partial charge in [-0.2, -0.15) is 13.2 Å². The molecule has 2 aromatic rings. The summed E-state index contributed by atoms with van der Waals surface area (Å²) in [5, 5.41) is 0.458. The van der Waals surface area contributed by atoms with Gasteiger partial charge in [-0.15, -0.1) is 0 Å². The minimum atomic E-state index is -4.32. The minimum absolute atomic E-state index is 0.458. The van der Waals surface area contributed by atoms with Crippen LogP contribution in [0.15, 0.2) is 24.3 Å². The second-order valence-corrected chi connectivity index (χ2v) is 5.21. The number of fused-ring (bicyclic) bond motifs is 1. The lowest BCUT2D eigenvalue weighted by Gasteiger charge is -2.16. The molecular weight excluding hydrogens is 289 g/mol. The van der Waals surface area contributed by atoms with Crippen LogP contribution in [0.25, 0.3) is 11.4 Å². The SMILES string of the molecule is FC(F)(F)c1ccc(-c2nc(Cl)c3n2CCCC3)cc1. The van der Waals surface area contributed by atoms with E-state index in [0.717, 1.165) is 43.6 Å². The third kappa shape index (κ3) is 2.30. The van der Waals surface area contributed by atoms with Crippen LogP contribution < -0.4 is 0 Å². The predicted molar refractivity (Wildman–Crippen MR) is 70.6 cm³/mol. The molecule has 1 aromatic carbocycles. The molecular formula is C14H12ClF3N2. The van der Waals surface area contributed by atoms with Crippen molar-refractivity contribution in [3.05, 3.63) is 40.7 Å². The lowest BCUT2D eigenvalue weighted by atomic mass is 10.1. The van der Waals surface area contributed by atoms with Gasteiger partial charge in [-0.3, -0.25) is 0 Å². The molecule has 106 valence electrons. The number of rotatable bonds is 1.